The van der Waals surface area contributed by atoms with Gasteiger partial charge < -0.3 is 0 Å². The molecule has 1 aromatic heterocycles. The molecule has 0 fully saturated rings. The number of carbonyl (C=O) groups excluding carboxylic acids is 1. The average molecular weight is 245 g/mol. The molecule has 0 N–H and O–H groups in total. The van der Waals surface area contributed by atoms with Gasteiger partial charge in [-0.3, -0.25) is 4.79 Å². The van der Waals surface area contributed by atoms with Gasteiger partial charge in [-0.15, -0.1) is 4.68 Å². The van der Waals surface area contributed by atoms with E-state index in [1.807, 2.05) is 25.2 Å². The number of ketones is 1. The van der Waals surface area contributed by atoms with E-state index in [9.17, 15) is 4.79 Å². The first kappa shape index (κ1) is 12.4. The molecule has 0 saturated heterocycles. The normalized spacial score (nSPS) is 10.6. The summed E-state index contributed by atoms with van der Waals surface area (Å²) in [5.74, 6) is 0.924. The van der Waals surface area contributed by atoms with Gasteiger partial charge in [0.2, 0.25) is 5.78 Å². The van der Waals surface area contributed by atoms with Crippen molar-refractivity contribution in [3.63, 3.8) is 0 Å². The van der Waals surface area contributed by atoms with Crippen molar-refractivity contribution in [1.82, 2.24) is 15.1 Å². The lowest BCUT2D eigenvalue weighted by molar-refractivity contribution is -0.739. The summed E-state index contributed by atoms with van der Waals surface area (Å²) < 4.78 is 1.72. The zero-order chi connectivity index (χ0) is 13.0. The van der Waals surface area contributed by atoms with E-state index in [-0.39, 0.29) is 12.3 Å². The quantitative estimate of drug-likeness (QED) is 0.582. The third kappa shape index (κ3) is 2.80. The largest absolute Gasteiger partial charge is 0.298 e. The number of benzene rings is 1. The van der Waals surface area contributed by atoms with Gasteiger partial charge in [-0.05, 0) is 11.2 Å². The van der Waals surface area contributed by atoms with E-state index < -0.39 is 0 Å². The SMILES string of the molecule is CCCc1nn(CC(=O)c2ccccc2)n[n+]1C. The van der Waals surface area contributed by atoms with Crippen LogP contribution in [0.1, 0.15) is 29.5 Å². The predicted octanol–water partition coefficient (Wildman–Crippen LogP) is 0.938. The number of tetrazole rings is 1. The maximum atomic E-state index is 12.0. The van der Waals surface area contributed by atoms with Gasteiger partial charge in [-0.25, -0.2) is 0 Å². The van der Waals surface area contributed by atoms with Crippen molar-refractivity contribution in [2.75, 3.05) is 0 Å². The van der Waals surface area contributed by atoms with E-state index in [4.69, 9.17) is 0 Å². The highest BCUT2D eigenvalue weighted by Crippen LogP contribution is 2.01. The first-order valence-electron chi connectivity index (χ1n) is 6.09. The van der Waals surface area contributed by atoms with Crippen molar-refractivity contribution < 1.29 is 9.48 Å². The molecule has 2 aromatic rings. The smallest absolute Gasteiger partial charge is 0.290 e. The van der Waals surface area contributed by atoms with Crippen LogP contribution in [0.15, 0.2) is 30.3 Å². The van der Waals surface area contributed by atoms with Crippen LogP contribution >= 0.6 is 0 Å². The molecule has 5 heteroatoms. The molecule has 2 rings (SSSR count). The molecule has 0 aliphatic rings. The maximum absolute atomic E-state index is 12.0. The third-order valence-electron chi connectivity index (χ3n) is 2.70. The Kier molecular flexibility index (Phi) is 3.82. The molecular formula is C13H17N4O+. The average Bonchev–Trinajstić information content (AvgIpc) is 2.71. The summed E-state index contributed by atoms with van der Waals surface area (Å²) in [7, 11) is 1.85. The van der Waals surface area contributed by atoms with Crippen molar-refractivity contribution in [2.45, 2.75) is 26.3 Å². The Bertz CT molecular complexity index is 533. The summed E-state index contributed by atoms with van der Waals surface area (Å²) in [4.78, 5) is 13.4. The second kappa shape index (κ2) is 5.53. The van der Waals surface area contributed by atoms with Gasteiger partial charge in [-0.2, -0.15) is 0 Å². The van der Waals surface area contributed by atoms with Crippen molar-refractivity contribution in [2.24, 2.45) is 7.05 Å². The van der Waals surface area contributed by atoms with Gasteiger partial charge >= 0.3 is 0 Å². The molecule has 0 saturated carbocycles. The molecule has 0 amide bonds. The van der Waals surface area contributed by atoms with Gasteiger partial charge in [0.05, 0.1) is 17.4 Å². The first-order valence-corrected chi connectivity index (χ1v) is 6.09. The standard InChI is InChI=1S/C13H17N4O/c1-3-7-13-14-17(15-16(13)2)10-12(18)11-8-5-4-6-9-11/h4-6,8-9H,3,7,10H2,1-2H3/q+1. The number of aryl methyl sites for hydroxylation is 2. The van der Waals surface area contributed by atoms with Gasteiger partial charge in [-0.1, -0.05) is 37.3 Å². The molecule has 5 nitrogen and oxygen atoms in total. The third-order valence-corrected chi connectivity index (χ3v) is 2.70. The molecule has 0 bridgehead atoms. The van der Waals surface area contributed by atoms with E-state index in [0.717, 1.165) is 18.7 Å². The number of Topliss-reactive ketones (excluding diaryl/α,β-unsaturated/α-hetero) is 1. The van der Waals surface area contributed by atoms with Crippen LogP contribution in [0, 0.1) is 0 Å². The fraction of sp³-hybridized carbons (Fsp3) is 0.385. The van der Waals surface area contributed by atoms with Crippen molar-refractivity contribution >= 4 is 5.78 Å². The van der Waals surface area contributed by atoms with Crippen LogP contribution < -0.4 is 4.68 Å². The van der Waals surface area contributed by atoms with Gasteiger partial charge in [0.1, 0.15) is 0 Å². The van der Waals surface area contributed by atoms with E-state index >= 15 is 0 Å². The van der Waals surface area contributed by atoms with Gasteiger partial charge in [0.15, 0.2) is 6.54 Å². The van der Waals surface area contributed by atoms with Crippen LogP contribution in [0.2, 0.25) is 0 Å². The van der Waals surface area contributed by atoms with Crippen molar-refractivity contribution in [3.05, 3.63) is 41.7 Å². The van der Waals surface area contributed by atoms with E-state index in [1.54, 1.807) is 16.8 Å². The number of nitrogens with zero attached hydrogens (tertiary/aromatic N) is 4. The fourth-order valence-corrected chi connectivity index (χ4v) is 1.77. The van der Waals surface area contributed by atoms with Crippen LogP contribution in [-0.4, -0.2) is 20.9 Å². The monoisotopic (exact) mass is 245 g/mol. The highest BCUT2D eigenvalue weighted by molar-refractivity contribution is 5.95. The Morgan fingerprint density at radius 2 is 2.06 bits per heavy atom. The molecule has 0 aliphatic heterocycles. The summed E-state index contributed by atoms with van der Waals surface area (Å²) in [5.41, 5.74) is 0.689. The summed E-state index contributed by atoms with van der Waals surface area (Å²) >= 11 is 0. The van der Waals surface area contributed by atoms with E-state index in [1.165, 1.54) is 4.80 Å². The molecule has 0 atom stereocenters. The first-order chi connectivity index (χ1) is 8.70. The Morgan fingerprint density at radius 1 is 1.33 bits per heavy atom. The minimum absolute atomic E-state index is 0.0225. The second-order valence-corrected chi connectivity index (χ2v) is 4.20. The highest BCUT2D eigenvalue weighted by atomic mass is 16.1. The van der Waals surface area contributed by atoms with Gasteiger partial charge in [0, 0.05) is 12.0 Å². The molecule has 94 valence electrons. The highest BCUT2D eigenvalue weighted by Gasteiger charge is 2.18. The van der Waals surface area contributed by atoms with Gasteiger partial charge in [0.25, 0.3) is 5.82 Å². The molecule has 0 unspecified atom stereocenters. The number of hydrogen-bond acceptors (Lipinski definition) is 3. The molecule has 1 aromatic carbocycles. The summed E-state index contributed by atoms with van der Waals surface area (Å²) in [6.45, 7) is 2.27. The minimum atomic E-state index is 0.0225. The van der Waals surface area contributed by atoms with Crippen LogP contribution in [0.3, 0.4) is 0 Å². The molecule has 18 heavy (non-hydrogen) atoms. The number of aromatic nitrogens is 4. The van der Waals surface area contributed by atoms with Crippen LogP contribution in [-0.2, 0) is 20.0 Å². The maximum Gasteiger partial charge on any atom is 0.298 e. The van der Waals surface area contributed by atoms with Crippen LogP contribution in [0.4, 0.5) is 0 Å². The van der Waals surface area contributed by atoms with E-state index in [0.29, 0.717) is 5.56 Å². The van der Waals surface area contributed by atoms with Crippen molar-refractivity contribution in [3.8, 4) is 0 Å². The number of rotatable bonds is 5. The Balaban J connectivity index is 2.10. The molecule has 0 radical (unpaired) electrons. The molecule has 0 spiro atoms. The Hall–Kier alpha value is -2.04. The molecule has 0 aliphatic carbocycles. The predicted molar refractivity (Wildman–Crippen MR) is 66.0 cm³/mol. The number of hydrogen-bond donors (Lipinski definition) is 0. The topological polar surface area (TPSA) is 51.7 Å². The van der Waals surface area contributed by atoms with Crippen LogP contribution in [0.25, 0.3) is 0 Å². The van der Waals surface area contributed by atoms with Crippen LogP contribution in [0.5, 0.6) is 0 Å². The Labute approximate surface area is 106 Å². The summed E-state index contributed by atoms with van der Waals surface area (Å²) in [6, 6.07) is 9.21. The van der Waals surface area contributed by atoms with Crippen molar-refractivity contribution in [1.29, 1.82) is 0 Å². The lowest BCUT2D eigenvalue weighted by Gasteiger charge is -1.94. The zero-order valence-corrected chi connectivity index (χ0v) is 10.7. The lowest BCUT2D eigenvalue weighted by atomic mass is 10.1. The minimum Gasteiger partial charge on any atom is -0.290 e. The molecule has 1 heterocycles. The fourth-order valence-electron chi connectivity index (χ4n) is 1.77. The van der Waals surface area contributed by atoms with E-state index in [2.05, 4.69) is 17.2 Å². The Morgan fingerprint density at radius 3 is 2.72 bits per heavy atom. The lowest BCUT2D eigenvalue weighted by Crippen LogP contribution is -2.35. The summed E-state index contributed by atoms with van der Waals surface area (Å²) in [6.07, 6.45) is 1.88. The molecular weight excluding hydrogens is 228 g/mol. The number of carbonyl (C=O) groups is 1. The second-order valence-electron chi connectivity index (χ2n) is 4.20. The summed E-state index contributed by atoms with van der Waals surface area (Å²) in [5, 5.41) is 8.51. The zero-order valence-electron chi connectivity index (χ0n) is 10.7.